The van der Waals surface area contributed by atoms with Gasteiger partial charge in [0, 0.05) is 10.2 Å². The molecule has 0 atom stereocenters. The van der Waals surface area contributed by atoms with Crippen molar-refractivity contribution in [2.24, 2.45) is 0 Å². The summed E-state index contributed by atoms with van der Waals surface area (Å²) in [4.78, 5) is 12.8. The maximum absolute atomic E-state index is 12.8. The fraction of sp³-hybridized carbons (Fsp3) is 0.0952. The molecular formula is C21H18BrNO3. The van der Waals surface area contributed by atoms with Gasteiger partial charge in [0.05, 0.1) is 0 Å². The van der Waals surface area contributed by atoms with Crippen molar-refractivity contribution in [3.8, 4) is 11.5 Å². The van der Waals surface area contributed by atoms with Crippen molar-refractivity contribution in [2.75, 3.05) is 5.73 Å². The van der Waals surface area contributed by atoms with Gasteiger partial charge in [-0.3, -0.25) is 0 Å². The van der Waals surface area contributed by atoms with Crippen LogP contribution in [0.5, 0.6) is 11.5 Å². The molecule has 0 aliphatic carbocycles. The predicted molar refractivity (Wildman–Crippen MR) is 105 cm³/mol. The lowest BCUT2D eigenvalue weighted by Gasteiger charge is -2.16. The lowest BCUT2D eigenvalue weighted by atomic mass is 10.1. The van der Waals surface area contributed by atoms with Gasteiger partial charge in [-0.05, 0) is 52.2 Å². The molecule has 0 aliphatic heterocycles. The molecule has 0 spiro atoms. The van der Waals surface area contributed by atoms with Crippen LogP contribution < -0.4 is 15.2 Å². The summed E-state index contributed by atoms with van der Waals surface area (Å²) < 4.78 is 12.1. The maximum atomic E-state index is 12.8. The summed E-state index contributed by atoms with van der Waals surface area (Å²) in [5.74, 6) is 0.386. The molecule has 3 aromatic rings. The lowest BCUT2D eigenvalue weighted by molar-refractivity contribution is 0.0729. The highest BCUT2D eigenvalue weighted by molar-refractivity contribution is 9.10. The number of nitrogens with two attached hydrogens (primary N) is 1. The highest BCUT2D eigenvalue weighted by atomic mass is 79.9. The minimum Gasteiger partial charge on any atom is -0.488 e. The number of para-hydroxylation sites is 1. The molecule has 0 aromatic heterocycles. The van der Waals surface area contributed by atoms with Gasteiger partial charge in [-0.25, -0.2) is 4.79 Å². The third-order valence-corrected chi connectivity index (χ3v) is 4.59. The smallest absolute Gasteiger partial charge is 0.347 e. The molecule has 3 aromatic carbocycles. The normalized spacial score (nSPS) is 10.4. The van der Waals surface area contributed by atoms with Gasteiger partial charge in [-0.15, -0.1) is 0 Å². The second-order valence-electron chi connectivity index (χ2n) is 5.75. The first-order chi connectivity index (χ1) is 12.6. The first kappa shape index (κ1) is 18.0. The van der Waals surface area contributed by atoms with Crippen LogP contribution in [0, 0.1) is 6.92 Å². The molecule has 0 radical (unpaired) electrons. The molecule has 0 aliphatic rings. The maximum Gasteiger partial charge on any atom is 0.347 e. The fourth-order valence-corrected chi connectivity index (χ4v) is 3.02. The summed E-state index contributed by atoms with van der Waals surface area (Å²) in [5.41, 5.74) is 8.50. The van der Waals surface area contributed by atoms with Gasteiger partial charge in [-0.2, -0.15) is 0 Å². The quantitative estimate of drug-likeness (QED) is 0.358. The summed E-state index contributed by atoms with van der Waals surface area (Å²) >= 11 is 3.42. The van der Waals surface area contributed by atoms with E-state index < -0.39 is 5.97 Å². The number of hydrogen-bond acceptors (Lipinski definition) is 4. The number of esters is 1. The van der Waals surface area contributed by atoms with E-state index in [1.807, 2.05) is 36.4 Å². The lowest BCUT2D eigenvalue weighted by Crippen LogP contribution is -2.14. The number of halogens is 1. The minimum atomic E-state index is -0.504. The standard InChI is InChI=1S/C21H18BrNO3/c1-14-19(21(24)26-16-10-6-3-7-11-16)18(12-17(22)20(14)23)25-13-15-8-4-2-5-9-15/h2-12H,13,23H2,1H3. The van der Waals surface area contributed by atoms with E-state index in [2.05, 4.69) is 15.9 Å². The van der Waals surface area contributed by atoms with Gasteiger partial charge in [0.1, 0.15) is 23.7 Å². The largest absolute Gasteiger partial charge is 0.488 e. The summed E-state index contributed by atoms with van der Waals surface area (Å²) in [6, 6.07) is 20.3. The molecule has 0 fully saturated rings. The topological polar surface area (TPSA) is 61.5 Å². The Morgan fingerprint density at radius 2 is 1.65 bits per heavy atom. The average Bonchev–Trinajstić information content (AvgIpc) is 2.66. The average molecular weight is 412 g/mol. The summed E-state index contributed by atoms with van der Waals surface area (Å²) in [5, 5.41) is 0. The van der Waals surface area contributed by atoms with Crippen LogP contribution in [-0.4, -0.2) is 5.97 Å². The molecular weight excluding hydrogens is 394 g/mol. The number of anilines is 1. The minimum absolute atomic E-state index is 0.325. The van der Waals surface area contributed by atoms with Crippen LogP contribution in [0.4, 0.5) is 5.69 Å². The number of rotatable bonds is 5. The first-order valence-corrected chi connectivity index (χ1v) is 8.88. The molecule has 0 unspecified atom stereocenters. The van der Waals surface area contributed by atoms with Crippen LogP contribution >= 0.6 is 15.9 Å². The Bertz CT molecular complexity index is 912. The second kappa shape index (κ2) is 8.06. The van der Waals surface area contributed by atoms with Crippen molar-refractivity contribution in [2.45, 2.75) is 13.5 Å². The Labute approximate surface area is 160 Å². The van der Waals surface area contributed by atoms with Crippen LogP contribution in [0.3, 0.4) is 0 Å². The van der Waals surface area contributed by atoms with Gasteiger partial charge in [0.25, 0.3) is 0 Å². The Balaban J connectivity index is 1.91. The Hall–Kier alpha value is -2.79. The van der Waals surface area contributed by atoms with Crippen molar-refractivity contribution in [1.82, 2.24) is 0 Å². The molecule has 0 saturated carbocycles. The van der Waals surface area contributed by atoms with Crippen molar-refractivity contribution in [3.63, 3.8) is 0 Å². The zero-order valence-corrected chi connectivity index (χ0v) is 15.8. The van der Waals surface area contributed by atoms with Crippen LogP contribution in [0.25, 0.3) is 0 Å². The molecule has 0 bridgehead atoms. The van der Waals surface area contributed by atoms with Gasteiger partial charge in [0.15, 0.2) is 0 Å². The third kappa shape index (κ3) is 4.06. The Morgan fingerprint density at radius 1 is 1.04 bits per heavy atom. The number of nitrogen functional groups attached to an aromatic ring is 1. The number of carbonyl (C=O) groups is 1. The zero-order chi connectivity index (χ0) is 18.5. The van der Waals surface area contributed by atoms with Crippen molar-refractivity contribution < 1.29 is 14.3 Å². The molecule has 5 heteroatoms. The van der Waals surface area contributed by atoms with Gasteiger partial charge in [0.2, 0.25) is 0 Å². The van der Waals surface area contributed by atoms with Crippen molar-refractivity contribution in [3.05, 3.63) is 87.9 Å². The third-order valence-electron chi connectivity index (χ3n) is 3.94. The van der Waals surface area contributed by atoms with Crippen LogP contribution in [-0.2, 0) is 6.61 Å². The zero-order valence-electron chi connectivity index (χ0n) is 14.2. The molecule has 26 heavy (non-hydrogen) atoms. The van der Waals surface area contributed by atoms with Gasteiger partial charge < -0.3 is 15.2 Å². The van der Waals surface area contributed by atoms with E-state index in [1.165, 1.54) is 0 Å². The van der Waals surface area contributed by atoms with Gasteiger partial charge in [-0.1, -0.05) is 48.5 Å². The highest BCUT2D eigenvalue weighted by Crippen LogP contribution is 2.35. The summed E-state index contributed by atoms with van der Waals surface area (Å²) in [7, 11) is 0. The molecule has 0 amide bonds. The monoisotopic (exact) mass is 411 g/mol. The molecule has 0 heterocycles. The molecule has 3 rings (SSSR count). The Kier molecular flexibility index (Phi) is 5.58. The SMILES string of the molecule is Cc1c(N)c(Br)cc(OCc2ccccc2)c1C(=O)Oc1ccccc1. The second-order valence-corrected chi connectivity index (χ2v) is 6.60. The van der Waals surface area contributed by atoms with E-state index in [0.717, 1.165) is 5.56 Å². The van der Waals surface area contributed by atoms with Gasteiger partial charge >= 0.3 is 5.97 Å². The molecule has 4 nitrogen and oxygen atoms in total. The van der Waals surface area contributed by atoms with Crippen molar-refractivity contribution in [1.29, 1.82) is 0 Å². The molecule has 0 saturated heterocycles. The summed E-state index contributed by atoms with van der Waals surface area (Å²) in [6.07, 6.45) is 0. The number of carbonyl (C=O) groups excluding carboxylic acids is 1. The van der Waals surface area contributed by atoms with E-state index in [9.17, 15) is 4.79 Å². The van der Waals surface area contributed by atoms with Crippen LogP contribution in [0.2, 0.25) is 0 Å². The van der Waals surface area contributed by atoms with E-state index in [-0.39, 0.29) is 0 Å². The van der Waals surface area contributed by atoms with Crippen molar-refractivity contribution >= 4 is 27.6 Å². The highest BCUT2D eigenvalue weighted by Gasteiger charge is 2.22. The number of ether oxygens (including phenoxy) is 2. The Morgan fingerprint density at radius 3 is 2.31 bits per heavy atom. The first-order valence-electron chi connectivity index (χ1n) is 8.09. The number of hydrogen-bond donors (Lipinski definition) is 1. The molecule has 132 valence electrons. The predicted octanol–water partition coefficient (Wildman–Crippen LogP) is 5.14. The van der Waals surface area contributed by atoms with Crippen LogP contribution in [0.1, 0.15) is 21.5 Å². The summed E-state index contributed by atoms with van der Waals surface area (Å²) in [6.45, 7) is 2.11. The van der Waals surface area contributed by atoms with E-state index in [0.29, 0.717) is 39.4 Å². The van der Waals surface area contributed by atoms with E-state index >= 15 is 0 Å². The number of benzene rings is 3. The molecule has 2 N–H and O–H groups in total. The van der Waals surface area contributed by atoms with E-state index in [4.69, 9.17) is 15.2 Å². The van der Waals surface area contributed by atoms with E-state index in [1.54, 1.807) is 37.3 Å². The fourth-order valence-electron chi connectivity index (χ4n) is 2.51. The van der Waals surface area contributed by atoms with Crippen LogP contribution in [0.15, 0.2) is 71.2 Å².